The fourth-order valence-electron chi connectivity index (χ4n) is 11.2. The number of rotatable bonds is 7. The van der Waals surface area contributed by atoms with Crippen LogP contribution in [0.15, 0.2) is 249 Å². The molecule has 0 N–H and O–H groups in total. The zero-order chi connectivity index (χ0) is 47.0. The van der Waals surface area contributed by atoms with Crippen LogP contribution in [0.3, 0.4) is 0 Å². The highest BCUT2D eigenvalue weighted by atomic mass is 32.1. The quantitative estimate of drug-likeness (QED) is 0.160. The average Bonchev–Trinajstić information content (AvgIpc) is 3.91. The second kappa shape index (κ2) is 16.9. The fraction of sp³-hybridized carbons (Fsp3) is 0.0469. The van der Waals surface area contributed by atoms with Crippen molar-refractivity contribution in [2.45, 2.75) is 11.3 Å². The van der Waals surface area contributed by atoms with Crippen LogP contribution in [0.25, 0.3) is 89.8 Å². The van der Waals surface area contributed by atoms with Gasteiger partial charge in [-0.25, -0.2) is 15.0 Å². The summed E-state index contributed by atoms with van der Waals surface area (Å²) in [6, 6.07) is 80.9. The van der Waals surface area contributed by atoms with Crippen LogP contribution in [0.1, 0.15) is 28.2 Å². The Morgan fingerprint density at radius 3 is 1.25 bits per heavy atom. The standard InChI is InChI=1S/C64H43N3.H2S/c1-5-19-42(20-6-1)47-35-48(43-21-7-2-8-22-43)38-51(37-47)62-65-61(66-63(67-62)52-39-49(44-23-9-3-10-24-44)36-50(40-52)45-25-11-4-12-26-45)46-33-34-56-55-29-15-18-32-59(55)64(60(56)41-46)57-30-16-13-27-53(57)54-28-14-17-31-58(54)64;/h1-41,53,57H;1H2/i/hT2. The number of fused-ring (bicyclic) bond motifs is 10. The lowest BCUT2D eigenvalue weighted by molar-refractivity contribution is 0.465. The summed E-state index contributed by atoms with van der Waals surface area (Å²) in [5.41, 5.74) is 19.3. The van der Waals surface area contributed by atoms with Gasteiger partial charge < -0.3 is 0 Å². The topological polar surface area (TPSA) is 38.7 Å². The number of hydrogen-bond donors (Lipinski definition) is 0. The average molecular weight is 892 g/mol. The second-order valence-electron chi connectivity index (χ2n) is 17.9. The Hall–Kier alpha value is -8.18. The minimum absolute atomic E-state index is 0.214. The molecule has 3 aliphatic carbocycles. The van der Waals surface area contributed by atoms with E-state index < -0.39 is 0 Å². The predicted octanol–water partition coefficient (Wildman–Crippen LogP) is 15.8. The Labute approximate surface area is 406 Å². The summed E-state index contributed by atoms with van der Waals surface area (Å²) in [6.45, 7) is 0. The van der Waals surface area contributed by atoms with E-state index in [-0.39, 0.29) is 30.6 Å². The van der Waals surface area contributed by atoms with E-state index in [1.165, 1.54) is 33.4 Å². The van der Waals surface area contributed by atoms with Gasteiger partial charge in [-0.15, -0.1) is 0 Å². The molecule has 0 radical (unpaired) electrons. The molecular formula is C64H45N3S. The highest BCUT2D eigenvalue weighted by Gasteiger charge is 2.57. The van der Waals surface area contributed by atoms with E-state index in [0.717, 1.165) is 61.2 Å². The lowest BCUT2D eigenvalue weighted by atomic mass is 9.65. The highest BCUT2D eigenvalue weighted by molar-refractivity contribution is 7.59. The Kier molecular flexibility index (Phi) is 9.71. The van der Waals surface area contributed by atoms with Crippen LogP contribution in [-0.2, 0) is 5.41 Å². The zero-order valence-corrected chi connectivity index (χ0v) is 37.9. The van der Waals surface area contributed by atoms with Crippen molar-refractivity contribution >= 4 is 13.3 Å². The van der Waals surface area contributed by atoms with Gasteiger partial charge in [0.2, 0.25) is 0 Å². The molecule has 3 atom stereocenters. The van der Waals surface area contributed by atoms with Gasteiger partial charge in [0.15, 0.2) is 17.5 Å². The second-order valence-corrected chi connectivity index (χ2v) is 17.9. The summed E-state index contributed by atoms with van der Waals surface area (Å²) in [7, 11) is 0. The molecule has 9 aromatic carbocycles. The first-order valence-corrected chi connectivity index (χ1v) is 23.2. The molecule has 0 fully saturated rings. The molecule has 10 aromatic rings. The lowest BCUT2D eigenvalue weighted by Crippen LogP contribution is -2.33. The van der Waals surface area contributed by atoms with E-state index >= 15 is 0 Å². The number of allylic oxidation sites excluding steroid dienone is 4. The van der Waals surface area contributed by atoms with Crippen molar-refractivity contribution in [3.8, 4) is 89.8 Å². The molecule has 1 spiro atoms. The summed E-state index contributed by atoms with van der Waals surface area (Å²) >= 11 is 0.250. The van der Waals surface area contributed by atoms with Crippen molar-refractivity contribution < 1.29 is 0 Å². The molecule has 4 heteroatoms. The fourth-order valence-corrected chi connectivity index (χ4v) is 11.2. The molecule has 3 aliphatic rings. The van der Waals surface area contributed by atoms with E-state index in [0.29, 0.717) is 17.5 Å². The largest absolute Gasteiger partial charge is 0.208 e. The van der Waals surface area contributed by atoms with Crippen molar-refractivity contribution in [1.29, 1.82) is 2.25 Å². The molecule has 0 saturated carbocycles. The van der Waals surface area contributed by atoms with Crippen LogP contribution in [-0.4, -0.2) is 17.2 Å². The molecule has 1 aromatic heterocycles. The first-order valence-electron chi connectivity index (χ1n) is 24.0. The third-order valence-electron chi connectivity index (χ3n) is 14.2. The maximum Gasteiger partial charge on any atom is 0.164 e. The maximum absolute atomic E-state index is 5.79. The first kappa shape index (κ1) is 39.0. The molecule has 0 aliphatic heterocycles. The lowest BCUT2D eigenvalue weighted by Gasteiger charge is -2.36. The summed E-state index contributed by atoms with van der Waals surface area (Å²) < 4.78 is 11.6. The summed E-state index contributed by atoms with van der Waals surface area (Å²) in [5, 5.41) is 0. The molecule has 3 nitrogen and oxygen atoms in total. The van der Waals surface area contributed by atoms with E-state index in [1.54, 1.807) is 0 Å². The van der Waals surface area contributed by atoms with Crippen molar-refractivity contribution in [2.24, 2.45) is 5.92 Å². The zero-order valence-electron chi connectivity index (χ0n) is 39.1. The molecule has 68 heavy (non-hydrogen) atoms. The summed E-state index contributed by atoms with van der Waals surface area (Å²) in [6.07, 6.45) is 9.30. The van der Waals surface area contributed by atoms with E-state index in [1.807, 2.05) is 0 Å². The molecule has 13 rings (SSSR count). The van der Waals surface area contributed by atoms with E-state index in [4.69, 9.17) is 17.2 Å². The number of aromatic nitrogens is 3. The molecular weight excluding hydrogens is 843 g/mol. The smallest absolute Gasteiger partial charge is 0.164 e. The summed E-state index contributed by atoms with van der Waals surface area (Å²) in [4.78, 5) is 16.5. The number of benzene rings is 9. The Morgan fingerprint density at radius 2 is 0.735 bits per heavy atom. The normalized spacial score (nSPS) is 17.2. The molecule has 1 heterocycles. The van der Waals surface area contributed by atoms with Gasteiger partial charge in [-0.3, -0.25) is 0 Å². The van der Waals surface area contributed by atoms with Crippen molar-refractivity contribution in [2.75, 3.05) is 0 Å². The van der Waals surface area contributed by atoms with E-state index in [9.17, 15) is 0 Å². The van der Waals surface area contributed by atoms with Gasteiger partial charge in [-0.1, -0.05) is 206 Å². The first-order chi connectivity index (χ1) is 34.6. The maximum atomic E-state index is 5.79. The molecule has 0 amide bonds. The van der Waals surface area contributed by atoms with Gasteiger partial charge in [-0.05, 0) is 120 Å². The predicted molar refractivity (Wildman–Crippen MR) is 285 cm³/mol. The number of nitrogens with zero attached hydrogens (tertiary/aromatic N) is 3. The van der Waals surface area contributed by atoms with Gasteiger partial charge in [0.25, 0.3) is 0 Å². The van der Waals surface area contributed by atoms with Gasteiger partial charge in [-0.2, -0.15) is 13.3 Å². The van der Waals surface area contributed by atoms with Crippen molar-refractivity contribution in [1.82, 2.24) is 15.0 Å². The molecule has 322 valence electrons. The third-order valence-corrected chi connectivity index (χ3v) is 14.2. The SMILES string of the molecule is C1=CC2c3ccccc3C3(c4ccccc4-c4ccc(-c5nc(-c6cc(-c7ccccc7)cc(-c7ccccc7)c6)nc(-c6cc(-c7ccccc7)cc(-c7ccccc7)c6)n5)cc43)C2C=C1.[3H]S[3H]. The Bertz CT molecular complexity index is 3360. The van der Waals surface area contributed by atoms with Crippen LogP contribution in [0.5, 0.6) is 0 Å². The van der Waals surface area contributed by atoms with Crippen LogP contribution < -0.4 is 0 Å². The Balaban J connectivity index is 0.00000164. The third kappa shape index (κ3) is 6.79. The van der Waals surface area contributed by atoms with Crippen LogP contribution in [0.2, 0.25) is 0 Å². The summed E-state index contributed by atoms with van der Waals surface area (Å²) in [5.74, 6) is 2.35. The van der Waals surface area contributed by atoms with Crippen molar-refractivity contribution in [3.63, 3.8) is 0 Å². The van der Waals surface area contributed by atoms with Gasteiger partial charge in [0, 0.05) is 28.5 Å². The van der Waals surface area contributed by atoms with Gasteiger partial charge >= 0.3 is 0 Å². The van der Waals surface area contributed by atoms with Crippen LogP contribution in [0, 0.1) is 5.92 Å². The highest BCUT2D eigenvalue weighted by Crippen LogP contribution is 2.65. The minimum Gasteiger partial charge on any atom is -0.208 e. The van der Waals surface area contributed by atoms with Gasteiger partial charge in [0.1, 0.15) is 0 Å². The van der Waals surface area contributed by atoms with E-state index in [2.05, 4.69) is 249 Å². The van der Waals surface area contributed by atoms with Gasteiger partial charge in [0.05, 0.1) is 7.66 Å². The van der Waals surface area contributed by atoms with Crippen LogP contribution in [0.4, 0.5) is 0 Å². The molecule has 0 saturated heterocycles. The van der Waals surface area contributed by atoms with Crippen LogP contribution >= 0.6 is 13.3 Å². The minimum atomic E-state index is -0.383. The Morgan fingerprint density at radius 1 is 0.338 bits per heavy atom. The molecule has 0 bridgehead atoms. The van der Waals surface area contributed by atoms with Crippen molar-refractivity contribution in [3.05, 3.63) is 271 Å². The molecule has 3 unspecified atom stereocenters. The monoisotopic (exact) mass is 891 g/mol. The number of hydrogen-bond acceptors (Lipinski definition) is 3.